The van der Waals surface area contributed by atoms with Gasteiger partial charge in [0.2, 0.25) is 10.0 Å². The van der Waals surface area contributed by atoms with Crippen molar-refractivity contribution in [2.45, 2.75) is 23.8 Å². The fourth-order valence-corrected chi connectivity index (χ4v) is 4.50. The summed E-state index contributed by atoms with van der Waals surface area (Å²) in [5.41, 5.74) is 5.58. The predicted molar refractivity (Wildman–Crippen MR) is 71.5 cm³/mol. The van der Waals surface area contributed by atoms with E-state index in [-0.39, 0.29) is 22.4 Å². The minimum Gasteiger partial charge on any atom is -0.465 e. The van der Waals surface area contributed by atoms with Crippen molar-refractivity contribution in [2.75, 3.05) is 13.7 Å². The number of hydrogen-bond acceptors (Lipinski definition) is 6. The van der Waals surface area contributed by atoms with Crippen LogP contribution in [-0.4, -0.2) is 34.1 Å². The number of sulfonamides is 1. The molecular formula is C11H16N2O4S2. The molecule has 0 bridgehead atoms. The lowest BCUT2D eigenvalue weighted by molar-refractivity contribution is 0.0602. The third-order valence-corrected chi connectivity index (χ3v) is 5.60. The van der Waals surface area contributed by atoms with Gasteiger partial charge in [0.1, 0.15) is 9.77 Å². The number of rotatable bonds is 6. The largest absolute Gasteiger partial charge is 0.465 e. The lowest BCUT2D eigenvalue weighted by Crippen LogP contribution is -2.41. The molecule has 8 heteroatoms. The van der Waals surface area contributed by atoms with Gasteiger partial charge in [0.15, 0.2) is 0 Å². The van der Waals surface area contributed by atoms with E-state index in [4.69, 9.17) is 5.73 Å². The molecule has 1 unspecified atom stereocenters. The third kappa shape index (κ3) is 3.14. The molecule has 0 spiro atoms. The van der Waals surface area contributed by atoms with Crippen LogP contribution in [0.1, 0.15) is 22.5 Å². The Morgan fingerprint density at radius 3 is 2.84 bits per heavy atom. The van der Waals surface area contributed by atoms with Crippen LogP contribution in [0.25, 0.3) is 0 Å². The van der Waals surface area contributed by atoms with Crippen molar-refractivity contribution in [2.24, 2.45) is 11.7 Å². The smallest absolute Gasteiger partial charge is 0.349 e. The van der Waals surface area contributed by atoms with Crippen LogP contribution in [0.5, 0.6) is 0 Å². The first-order valence-electron chi connectivity index (χ1n) is 5.87. The van der Waals surface area contributed by atoms with Crippen molar-refractivity contribution in [1.29, 1.82) is 0 Å². The van der Waals surface area contributed by atoms with Crippen LogP contribution in [0.15, 0.2) is 16.3 Å². The van der Waals surface area contributed by atoms with Crippen LogP contribution in [-0.2, 0) is 14.8 Å². The number of carbonyl (C=O) groups excluding carboxylic acids is 1. The van der Waals surface area contributed by atoms with Crippen LogP contribution in [0.2, 0.25) is 0 Å². The quantitative estimate of drug-likeness (QED) is 0.748. The molecular weight excluding hydrogens is 288 g/mol. The molecule has 1 aromatic heterocycles. The number of nitrogens with one attached hydrogen (secondary N) is 1. The second-order valence-corrected chi connectivity index (χ2v) is 7.00. The Balaban J connectivity index is 2.24. The Hall–Kier alpha value is -0.960. The van der Waals surface area contributed by atoms with E-state index in [0.29, 0.717) is 5.92 Å². The number of methoxy groups -OCH3 is 1. The van der Waals surface area contributed by atoms with Gasteiger partial charge >= 0.3 is 5.97 Å². The number of ether oxygens (including phenoxy) is 1. The molecule has 0 aromatic carbocycles. The van der Waals surface area contributed by atoms with E-state index < -0.39 is 16.0 Å². The number of esters is 1. The summed E-state index contributed by atoms with van der Waals surface area (Å²) in [5, 5.41) is 1.55. The molecule has 106 valence electrons. The van der Waals surface area contributed by atoms with Gasteiger partial charge in [-0.05, 0) is 30.2 Å². The lowest BCUT2D eigenvalue weighted by Gasteiger charge is -2.16. The predicted octanol–water partition coefficient (Wildman–Crippen LogP) is 0.550. The molecule has 1 aliphatic carbocycles. The molecule has 3 N–H and O–H groups in total. The SMILES string of the molecule is COC(=O)c1sccc1S(=O)(=O)NC(CN)C1CC1. The average molecular weight is 304 g/mol. The minimum absolute atomic E-state index is 0.0385. The van der Waals surface area contributed by atoms with Gasteiger partial charge in [0, 0.05) is 12.6 Å². The van der Waals surface area contributed by atoms with Crippen molar-refractivity contribution < 1.29 is 17.9 Å². The standard InChI is InChI=1S/C11H16N2O4S2/c1-17-11(14)10-9(4-5-18-10)19(15,16)13-8(6-12)7-2-3-7/h4-5,7-8,13H,2-3,6,12H2,1H3. The monoisotopic (exact) mass is 304 g/mol. The van der Waals surface area contributed by atoms with Crippen LogP contribution in [0, 0.1) is 5.92 Å². The molecule has 0 radical (unpaired) electrons. The molecule has 0 aliphatic heterocycles. The zero-order valence-electron chi connectivity index (χ0n) is 10.5. The summed E-state index contributed by atoms with van der Waals surface area (Å²) in [5.74, 6) is -0.342. The molecule has 0 amide bonds. The highest BCUT2D eigenvalue weighted by molar-refractivity contribution is 7.89. The summed E-state index contributed by atoms with van der Waals surface area (Å²) in [6.45, 7) is 0.252. The molecule has 2 rings (SSSR count). The van der Waals surface area contributed by atoms with E-state index in [1.165, 1.54) is 13.2 Å². The Bertz CT molecular complexity index is 563. The van der Waals surface area contributed by atoms with Crippen molar-refractivity contribution in [3.8, 4) is 0 Å². The topological polar surface area (TPSA) is 98.5 Å². The van der Waals surface area contributed by atoms with Gasteiger partial charge in [-0.25, -0.2) is 17.9 Å². The molecule has 6 nitrogen and oxygen atoms in total. The van der Waals surface area contributed by atoms with Crippen molar-refractivity contribution in [3.63, 3.8) is 0 Å². The summed E-state index contributed by atoms with van der Waals surface area (Å²) >= 11 is 1.04. The zero-order chi connectivity index (χ0) is 14.0. The van der Waals surface area contributed by atoms with E-state index in [0.717, 1.165) is 24.2 Å². The molecule has 19 heavy (non-hydrogen) atoms. The molecule has 1 fully saturated rings. The maximum absolute atomic E-state index is 12.3. The summed E-state index contributed by atoms with van der Waals surface area (Å²) in [6.07, 6.45) is 1.97. The highest BCUT2D eigenvalue weighted by Crippen LogP contribution is 2.33. The van der Waals surface area contributed by atoms with E-state index >= 15 is 0 Å². The fourth-order valence-electron chi connectivity index (χ4n) is 1.85. The molecule has 1 heterocycles. The number of carbonyl (C=O) groups is 1. The second-order valence-electron chi connectivity index (χ2n) is 4.41. The summed E-state index contributed by atoms with van der Waals surface area (Å²) in [4.78, 5) is 11.6. The molecule has 1 aromatic rings. The van der Waals surface area contributed by atoms with E-state index in [2.05, 4.69) is 9.46 Å². The minimum atomic E-state index is -3.74. The normalized spacial score (nSPS) is 17.2. The maximum Gasteiger partial charge on any atom is 0.349 e. The van der Waals surface area contributed by atoms with Crippen LogP contribution in [0.4, 0.5) is 0 Å². The van der Waals surface area contributed by atoms with Crippen LogP contribution < -0.4 is 10.5 Å². The Kier molecular flexibility index (Phi) is 4.24. The summed E-state index contributed by atoms with van der Waals surface area (Å²) < 4.78 is 31.7. The average Bonchev–Trinajstić information content (AvgIpc) is 3.10. The second kappa shape index (κ2) is 5.58. The Morgan fingerprint density at radius 2 is 2.32 bits per heavy atom. The van der Waals surface area contributed by atoms with Crippen molar-refractivity contribution in [1.82, 2.24) is 4.72 Å². The van der Waals surface area contributed by atoms with Crippen LogP contribution >= 0.6 is 11.3 Å². The van der Waals surface area contributed by atoms with Gasteiger partial charge in [-0.2, -0.15) is 0 Å². The first-order valence-corrected chi connectivity index (χ1v) is 8.24. The highest BCUT2D eigenvalue weighted by atomic mass is 32.2. The van der Waals surface area contributed by atoms with Gasteiger partial charge in [-0.15, -0.1) is 11.3 Å². The maximum atomic E-state index is 12.3. The van der Waals surface area contributed by atoms with Gasteiger partial charge in [0.05, 0.1) is 7.11 Å². The first kappa shape index (κ1) is 14.4. The number of nitrogens with two attached hydrogens (primary N) is 1. The number of hydrogen-bond donors (Lipinski definition) is 2. The molecule has 1 saturated carbocycles. The van der Waals surface area contributed by atoms with Crippen molar-refractivity contribution in [3.05, 3.63) is 16.3 Å². The fraction of sp³-hybridized carbons (Fsp3) is 0.545. The van der Waals surface area contributed by atoms with E-state index in [1.54, 1.807) is 5.38 Å². The molecule has 1 aliphatic rings. The lowest BCUT2D eigenvalue weighted by atomic mass is 10.2. The van der Waals surface area contributed by atoms with Crippen LogP contribution in [0.3, 0.4) is 0 Å². The number of thiophene rings is 1. The van der Waals surface area contributed by atoms with E-state index in [9.17, 15) is 13.2 Å². The van der Waals surface area contributed by atoms with Gasteiger partial charge < -0.3 is 10.5 Å². The summed E-state index contributed by atoms with van der Waals surface area (Å²) in [7, 11) is -2.52. The van der Waals surface area contributed by atoms with Crippen molar-refractivity contribution >= 4 is 27.3 Å². The Morgan fingerprint density at radius 1 is 1.63 bits per heavy atom. The highest BCUT2D eigenvalue weighted by Gasteiger charge is 2.35. The first-order chi connectivity index (χ1) is 8.99. The molecule has 0 saturated heterocycles. The third-order valence-electron chi connectivity index (χ3n) is 3.04. The van der Waals surface area contributed by atoms with Gasteiger partial charge in [-0.1, -0.05) is 0 Å². The Labute approximate surface area is 116 Å². The van der Waals surface area contributed by atoms with E-state index in [1.807, 2.05) is 0 Å². The molecule has 1 atom stereocenters. The summed E-state index contributed by atoms with van der Waals surface area (Å²) in [6, 6.07) is 1.13. The van der Waals surface area contributed by atoms with Gasteiger partial charge in [0.25, 0.3) is 0 Å². The van der Waals surface area contributed by atoms with Gasteiger partial charge in [-0.3, -0.25) is 0 Å². The zero-order valence-corrected chi connectivity index (χ0v) is 12.1.